The van der Waals surface area contributed by atoms with E-state index in [1.165, 1.54) is 17.8 Å². The molecule has 1 aliphatic rings. The van der Waals surface area contributed by atoms with Crippen molar-refractivity contribution in [2.75, 3.05) is 6.54 Å². The lowest BCUT2D eigenvalue weighted by Gasteiger charge is -2.27. The van der Waals surface area contributed by atoms with Crippen molar-refractivity contribution in [1.82, 2.24) is 14.7 Å². The largest absolute Gasteiger partial charge is 0.338 e. The fourth-order valence-corrected chi connectivity index (χ4v) is 2.98. The third-order valence-electron chi connectivity index (χ3n) is 4.14. The molecule has 1 aromatic heterocycles. The van der Waals surface area contributed by atoms with Crippen molar-refractivity contribution >= 4 is 5.91 Å². The number of carbonyl (C=O) groups excluding carboxylic acids is 1. The van der Waals surface area contributed by atoms with Gasteiger partial charge in [0.15, 0.2) is 0 Å². The van der Waals surface area contributed by atoms with Gasteiger partial charge in [0.1, 0.15) is 5.82 Å². The summed E-state index contributed by atoms with van der Waals surface area (Å²) in [6.45, 7) is 7.08. The molecule has 1 amide bonds. The van der Waals surface area contributed by atoms with Gasteiger partial charge in [0.05, 0.1) is 5.69 Å². The highest BCUT2D eigenvalue weighted by Gasteiger charge is 2.27. The van der Waals surface area contributed by atoms with Crippen LogP contribution in [0.1, 0.15) is 38.1 Å². The van der Waals surface area contributed by atoms with Gasteiger partial charge in [0, 0.05) is 49.3 Å². The van der Waals surface area contributed by atoms with Crippen LogP contribution in [0.15, 0.2) is 24.3 Å². The predicted molar refractivity (Wildman–Crippen MR) is 82.8 cm³/mol. The molecule has 0 fully saturated rings. The van der Waals surface area contributed by atoms with Gasteiger partial charge >= 0.3 is 0 Å². The number of hydrogen-bond acceptors (Lipinski definition) is 2. The van der Waals surface area contributed by atoms with Crippen LogP contribution < -0.4 is 0 Å². The van der Waals surface area contributed by atoms with Crippen molar-refractivity contribution < 1.29 is 9.18 Å². The second-order valence-electron chi connectivity index (χ2n) is 6.01. The number of fused-ring (bicyclic) bond motifs is 1. The van der Waals surface area contributed by atoms with Crippen LogP contribution in [0, 0.1) is 5.82 Å². The van der Waals surface area contributed by atoms with Crippen LogP contribution in [0.5, 0.6) is 0 Å². The molecule has 116 valence electrons. The molecule has 5 heteroatoms. The van der Waals surface area contributed by atoms with Gasteiger partial charge in [-0.2, -0.15) is 5.10 Å². The van der Waals surface area contributed by atoms with Gasteiger partial charge in [-0.25, -0.2) is 4.39 Å². The maximum Gasteiger partial charge on any atom is 0.219 e. The number of aromatic nitrogens is 2. The minimum Gasteiger partial charge on any atom is -0.338 e. The van der Waals surface area contributed by atoms with Crippen molar-refractivity contribution in [2.24, 2.45) is 0 Å². The van der Waals surface area contributed by atoms with E-state index >= 15 is 0 Å². The highest BCUT2D eigenvalue weighted by atomic mass is 19.1. The first-order chi connectivity index (χ1) is 10.5. The van der Waals surface area contributed by atoms with Crippen molar-refractivity contribution in [3.8, 4) is 11.3 Å². The molecule has 2 aromatic rings. The smallest absolute Gasteiger partial charge is 0.219 e. The highest BCUT2D eigenvalue weighted by molar-refractivity contribution is 5.74. The van der Waals surface area contributed by atoms with Gasteiger partial charge in [0.2, 0.25) is 5.91 Å². The zero-order valence-electron chi connectivity index (χ0n) is 13.1. The van der Waals surface area contributed by atoms with E-state index in [1.54, 1.807) is 19.1 Å². The van der Waals surface area contributed by atoms with Crippen LogP contribution in [0.3, 0.4) is 0 Å². The summed E-state index contributed by atoms with van der Waals surface area (Å²) in [5.41, 5.74) is 4.02. The zero-order chi connectivity index (χ0) is 15.9. The Labute approximate surface area is 129 Å². The van der Waals surface area contributed by atoms with E-state index in [2.05, 4.69) is 13.8 Å². The van der Waals surface area contributed by atoms with Gasteiger partial charge in [-0.15, -0.1) is 0 Å². The van der Waals surface area contributed by atoms with Crippen molar-refractivity contribution in [2.45, 2.75) is 39.8 Å². The fourth-order valence-electron chi connectivity index (χ4n) is 2.98. The SMILES string of the molecule is CC(=O)N1CCc2c(c(-c3ccc(F)cc3)nn2C(C)C)C1. The molecule has 0 saturated carbocycles. The Balaban J connectivity index is 2.10. The minimum absolute atomic E-state index is 0.0769. The Kier molecular flexibility index (Phi) is 3.72. The summed E-state index contributed by atoms with van der Waals surface area (Å²) < 4.78 is 15.2. The highest BCUT2D eigenvalue weighted by Crippen LogP contribution is 2.31. The Hall–Kier alpha value is -2.17. The molecule has 1 aromatic carbocycles. The number of nitrogens with zero attached hydrogens (tertiary/aromatic N) is 3. The molecule has 0 unspecified atom stereocenters. The molecule has 0 saturated heterocycles. The normalized spacial score (nSPS) is 14.3. The van der Waals surface area contributed by atoms with Crippen molar-refractivity contribution in [1.29, 1.82) is 0 Å². The maximum absolute atomic E-state index is 13.2. The van der Waals surface area contributed by atoms with E-state index in [1.807, 2.05) is 9.58 Å². The monoisotopic (exact) mass is 301 g/mol. The van der Waals surface area contributed by atoms with Crippen LogP contribution in [0.25, 0.3) is 11.3 Å². The quantitative estimate of drug-likeness (QED) is 0.854. The van der Waals surface area contributed by atoms with Crippen LogP contribution in [-0.2, 0) is 17.8 Å². The molecule has 0 aliphatic carbocycles. The number of benzene rings is 1. The molecule has 22 heavy (non-hydrogen) atoms. The number of halogens is 1. The first-order valence-corrected chi connectivity index (χ1v) is 7.59. The summed E-state index contributed by atoms with van der Waals surface area (Å²) in [6.07, 6.45) is 0.807. The van der Waals surface area contributed by atoms with Crippen LogP contribution >= 0.6 is 0 Å². The fraction of sp³-hybridized carbons (Fsp3) is 0.412. The van der Waals surface area contributed by atoms with Gasteiger partial charge < -0.3 is 4.90 Å². The van der Waals surface area contributed by atoms with E-state index in [9.17, 15) is 9.18 Å². The van der Waals surface area contributed by atoms with Gasteiger partial charge in [0.25, 0.3) is 0 Å². The number of amides is 1. The second-order valence-corrected chi connectivity index (χ2v) is 6.01. The molecular weight excluding hydrogens is 281 g/mol. The van der Waals surface area contributed by atoms with E-state index in [0.717, 1.165) is 29.8 Å². The van der Waals surface area contributed by atoms with E-state index in [4.69, 9.17) is 5.10 Å². The Morgan fingerprint density at radius 2 is 1.95 bits per heavy atom. The third kappa shape index (κ3) is 2.51. The molecule has 0 atom stereocenters. The first-order valence-electron chi connectivity index (χ1n) is 7.59. The molecule has 0 spiro atoms. The number of rotatable bonds is 2. The standard InChI is InChI=1S/C17H20FN3O/c1-11(2)21-16-8-9-20(12(3)22)10-15(16)17(19-21)13-4-6-14(18)7-5-13/h4-7,11H,8-10H2,1-3H3. The van der Waals surface area contributed by atoms with Crippen LogP contribution in [0.4, 0.5) is 4.39 Å². The molecule has 1 aliphatic heterocycles. The number of carbonyl (C=O) groups is 1. The first kappa shape index (κ1) is 14.8. The second kappa shape index (κ2) is 5.55. The summed E-state index contributed by atoms with van der Waals surface area (Å²) in [4.78, 5) is 13.5. The molecule has 0 radical (unpaired) electrons. The lowest BCUT2D eigenvalue weighted by Crippen LogP contribution is -2.34. The molecule has 2 heterocycles. The average molecular weight is 301 g/mol. The van der Waals surface area contributed by atoms with Crippen molar-refractivity contribution in [3.63, 3.8) is 0 Å². The van der Waals surface area contributed by atoms with Gasteiger partial charge in [-0.1, -0.05) is 0 Å². The summed E-state index contributed by atoms with van der Waals surface area (Å²) in [7, 11) is 0. The van der Waals surface area contributed by atoms with Crippen LogP contribution in [0.2, 0.25) is 0 Å². The Bertz CT molecular complexity index is 703. The van der Waals surface area contributed by atoms with Gasteiger partial charge in [-0.05, 0) is 38.1 Å². The minimum atomic E-state index is -0.258. The van der Waals surface area contributed by atoms with Crippen molar-refractivity contribution in [3.05, 3.63) is 41.3 Å². The lowest BCUT2D eigenvalue weighted by atomic mass is 10.0. The lowest BCUT2D eigenvalue weighted by molar-refractivity contribution is -0.129. The van der Waals surface area contributed by atoms with E-state index in [-0.39, 0.29) is 17.8 Å². The summed E-state index contributed by atoms with van der Waals surface area (Å²) in [6, 6.07) is 6.64. The maximum atomic E-state index is 13.2. The van der Waals surface area contributed by atoms with Gasteiger partial charge in [-0.3, -0.25) is 9.48 Å². The topological polar surface area (TPSA) is 38.1 Å². The molecule has 0 N–H and O–H groups in total. The zero-order valence-corrected chi connectivity index (χ0v) is 13.1. The summed E-state index contributed by atoms with van der Waals surface area (Å²) in [5.74, 6) is -0.181. The van der Waals surface area contributed by atoms with E-state index < -0.39 is 0 Å². The molecular formula is C17H20FN3O. The Morgan fingerprint density at radius 1 is 1.27 bits per heavy atom. The average Bonchev–Trinajstić information content (AvgIpc) is 2.87. The molecule has 0 bridgehead atoms. The third-order valence-corrected chi connectivity index (χ3v) is 4.14. The molecule has 3 rings (SSSR count). The van der Waals surface area contributed by atoms with E-state index in [0.29, 0.717) is 6.54 Å². The summed E-state index contributed by atoms with van der Waals surface area (Å²) in [5, 5.41) is 4.74. The summed E-state index contributed by atoms with van der Waals surface area (Å²) >= 11 is 0. The van der Waals surface area contributed by atoms with Crippen LogP contribution in [-0.4, -0.2) is 27.1 Å². The predicted octanol–water partition coefficient (Wildman–Crippen LogP) is 3.17. The molecule has 4 nitrogen and oxygen atoms in total. The number of hydrogen-bond donors (Lipinski definition) is 0. The Morgan fingerprint density at radius 3 is 2.55 bits per heavy atom.